The maximum absolute atomic E-state index is 14.8. The summed E-state index contributed by atoms with van der Waals surface area (Å²) in [5.74, 6) is 0.930. The molecule has 3 aromatic rings. The first-order valence-electron chi connectivity index (χ1n) is 9.50. The number of alkyl halides is 1. The highest BCUT2D eigenvalue weighted by Gasteiger charge is 2.43. The lowest BCUT2D eigenvalue weighted by Gasteiger charge is -2.38. The number of hydrogen-bond acceptors (Lipinski definition) is 7. The zero-order valence-electron chi connectivity index (χ0n) is 15.5. The molecule has 0 amide bonds. The fourth-order valence-corrected chi connectivity index (χ4v) is 4.38. The smallest absolute Gasteiger partial charge is 0.185 e. The number of anilines is 1. The van der Waals surface area contributed by atoms with E-state index in [1.54, 1.807) is 24.7 Å². The van der Waals surface area contributed by atoms with Crippen molar-refractivity contribution < 1.29 is 9.50 Å². The number of nitrogens with zero attached hydrogens (tertiary/aromatic N) is 5. The number of hydrogen-bond donors (Lipinski definition) is 2. The Balaban J connectivity index is 1.42. The van der Waals surface area contributed by atoms with Crippen LogP contribution in [-0.2, 0) is 0 Å². The van der Waals surface area contributed by atoms with Crippen molar-refractivity contribution in [1.82, 2.24) is 25.5 Å². The molecule has 0 saturated carbocycles. The summed E-state index contributed by atoms with van der Waals surface area (Å²) in [4.78, 5) is 10.3. The van der Waals surface area contributed by atoms with Crippen LogP contribution in [0.5, 0.6) is 5.75 Å². The zero-order valence-corrected chi connectivity index (χ0v) is 15.5. The van der Waals surface area contributed by atoms with Gasteiger partial charge in [0.1, 0.15) is 11.9 Å². The molecule has 4 atom stereocenters. The number of phenolic OH excluding ortho intramolecular Hbond substituents is 1. The normalized spacial score (nSPS) is 26.5. The van der Waals surface area contributed by atoms with Crippen LogP contribution < -0.4 is 10.2 Å². The molecule has 3 unspecified atom stereocenters. The highest BCUT2D eigenvalue weighted by Crippen LogP contribution is 2.34. The van der Waals surface area contributed by atoms with Gasteiger partial charge in [0.25, 0.3) is 0 Å². The predicted octanol–water partition coefficient (Wildman–Crippen LogP) is 2.46. The van der Waals surface area contributed by atoms with Crippen LogP contribution in [0.4, 0.5) is 10.2 Å². The molecule has 7 nitrogen and oxygen atoms in total. The second-order valence-corrected chi connectivity index (χ2v) is 7.64. The topological polar surface area (TPSA) is 87.1 Å². The van der Waals surface area contributed by atoms with Gasteiger partial charge in [-0.05, 0) is 42.8 Å². The highest BCUT2D eigenvalue weighted by atomic mass is 19.1. The Hall–Kier alpha value is -2.87. The summed E-state index contributed by atoms with van der Waals surface area (Å²) in [6.07, 6.45) is 6.69. The number of phenols is 1. The van der Waals surface area contributed by atoms with E-state index in [2.05, 4.69) is 25.5 Å². The first-order valence-corrected chi connectivity index (χ1v) is 9.50. The summed E-state index contributed by atoms with van der Waals surface area (Å²) in [5, 5.41) is 23.9. The molecular weight excluding hydrogens is 359 g/mol. The number of pyridine rings is 1. The van der Waals surface area contributed by atoms with E-state index in [1.807, 2.05) is 24.1 Å². The van der Waals surface area contributed by atoms with Gasteiger partial charge in [-0.25, -0.2) is 9.37 Å². The average Bonchev–Trinajstić information content (AvgIpc) is 3.13. The van der Waals surface area contributed by atoms with Crippen molar-refractivity contribution in [2.45, 2.75) is 43.6 Å². The minimum atomic E-state index is -0.941. The summed E-state index contributed by atoms with van der Waals surface area (Å²) in [6.45, 7) is 0. The van der Waals surface area contributed by atoms with E-state index in [1.165, 1.54) is 0 Å². The van der Waals surface area contributed by atoms with Gasteiger partial charge in [0.05, 0.1) is 17.8 Å². The Morgan fingerprint density at radius 3 is 2.89 bits per heavy atom. The lowest BCUT2D eigenvalue weighted by molar-refractivity contribution is 0.176. The minimum Gasteiger partial charge on any atom is -0.507 e. The molecule has 144 valence electrons. The van der Waals surface area contributed by atoms with E-state index < -0.39 is 6.17 Å². The molecule has 0 spiro atoms. The van der Waals surface area contributed by atoms with Gasteiger partial charge in [-0.15, -0.1) is 10.2 Å². The molecule has 4 heterocycles. The number of rotatable bonds is 3. The predicted molar refractivity (Wildman–Crippen MR) is 104 cm³/mol. The number of benzene rings is 1. The molecular formula is C20H21FN6O. The van der Waals surface area contributed by atoms with E-state index in [0.717, 1.165) is 30.0 Å². The third-order valence-corrected chi connectivity index (χ3v) is 5.96. The third kappa shape index (κ3) is 2.84. The minimum absolute atomic E-state index is 0.0714. The second kappa shape index (κ2) is 6.63. The first kappa shape index (κ1) is 17.2. The Bertz CT molecular complexity index is 1010. The fraction of sp³-hybridized carbons (Fsp3) is 0.400. The molecule has 2 N–H and O–H groups in total. The van der Waals surface area contributed by atoms with Crippen LogP contribution in [0.3, 0.4) is 0 Å². The molecule has 2 aliphatic heterocycles. The van der Waals surface area contributed by atoms with Gasteiger partial charge in [0.2, 0.25) is 0 Å². The van der Waals surface area contributed by atoms with Gasteiger partial charge in [-0.2, -0.15) is 0 Å². The molecule has 2 aromatic heterocycles. The quantitative estimate of drug-likeness (QED) is 0.722. The van der Waals surface area contributed by atoms with Gasteiger partial charge in [-0.3, -0.25) is 4.98 Å². The molecule has 28 heavy (non-hydrogen) atoms. The van der Waals surface area contributed by atoms with Crippen molar-refractivity contribution in [3.05, 3.63) is 36.8 Å². The molecule has 5 rings (SSSR count). The van der Waals surface area contributed by atoms with Crippen molar-refractivity contribution in [2.24, 2.45) is 0 Å². The Labute approximate surface area is 161 Å². The molecule has 2 fully saturated rings. The molecule has 2 saturated heterocycles. The van der Waals surface area contributed by atoms with E-state index in [0.29, 0.717) is 23.2 Å². The van der Waals surface area contributed by atoms with Gasteiger partial charge in [-0.1, -0.05) is 0 Å². The average molecular weight is 380 g/mol. The third-order valence-electron chi connectivity index (χ3n) is 5.96. The lowest BCUT2D eigenvalue weighted by atomic mass is 9.96. The molecule has 2 aliphatic rings. The molecule has 2 bridgehead atoms. The standard InChI is InChI=1S/C20H21FN6O/c1-27(16-8-13-2-3-15(24-13)19(16)21)18-10-23-20(26-25-18)14-6-11-4-5-22-9-12(11)7-17(14)28/h4-7,9-10,13,15-16,19,24,28H,2-3,8H2,1H3/t13?,15?,16?,19-/m1/s1. The maximum atomic E-state index is 14.8. The SMILES string of the molecule is CN(c1cnc(-c2cc3ccncc3cc2O)nn1)C1CC2CCC(N2)[C@H]1F. The van der Waals surface area contributed by atoms with Crippen LogP contribution >= 0.6 is 0 Å². The zero-order chi connectivity index (χ0) is 19.3. The van der Waals surface area contributed by atoms with Gasteiger partial charge in [0, 0.05) is 36.9 Å². The van der Waals surface area contributed by atoms with Crippen LogP contribution in [0.1, 0.15) is 19.3 Å². The van der Waals surface area contributed by atoms with E-state index in [4.69, 9.17) is 0 Å². The molecule has 1 aromatic carbocycles. The van der Waals surface area contributed by atoms with Crippen LogP contribution in [0, 0.1) is 0 Å². The number of fused-ring (bicyclic) bond motifs is 3. The summed E-state index contributed by atoms with van der Waals surface area (Å²) in [7, 11) is 1.84. The Morgan fingerprint density at radius 2 is 2.07 bits per heavy atom. The summed E-state index contributed by atoms with van der Waals surface area (Å²) < 4.78 is 14.8. The van der Waals surface area contributed by atoms with Gasteiger partial charge >= 0.3 is 0 Å². The molecule has 0 radical (unpaired) electrons. The van der Waals surface area contributed by atoms with Crippen molar-refractivity contribution in [1.29, 1.82) is 0 Å². The Morgan fingerprint density at radius 1 is 1.18 bits per heavy atom. The van der Waals surface area contributed by atoms with Crippen LogP contribution in [0.25, 0.3) is 22.2 Å². The number of piperidine rings is 1. The van der Waals surface area contributed by atoms with E-state index in [9.17, 15) is 9.50 Å². The van der Waals surface area contributed by atoms with Crippen LogP contribution in [-0.4, -0.2) is 56.6 Å². The monoisotopic (exact) mass is 380 g/mol. The fourth-order valence-electron chi connectivity index (χ4n) is 4.38. The first-order chi connectivity index (χ1) is 13.6. The second-order valence-electron chi connectivity index (χ2n) is 7.64. The largest absolute Gasteiger partial charge is 0.507 e. The number of nitrogens with one attached hydrogen (secondary N) is 1. The summed E-state index contributed by atoms with van der Waals surface area (Å²) >= 11 is 0. The summed E-state index contributed by atoms with van der Waals surface area (Å²) in [5.41, 5.74) is 0.503. The lowest BCUT2D eigenvalue weighted by Crippen LogP contribution is -2.55. The van der Waals surface area contributed by atoms with Gasteiger partial charge in [0.15, 0.2) is 11.6 Å². The molecule has 8 heteroatoms. The van der Waals surface area contributed by atoms with Gasteiger partial charge < -0.3 is 15.3 Å². The van der Waals surface area contributed by atoms with E-state index in [-0.39, 0.29) is 17.8 Å². The van der Waals surface area contributed by atoms with E-state index >= 15 is 0 Å². The number of halogens is 1. The highest BCUT2D eigenvalue weighted by molar-refractivity contribution is 5.88. The van der Waals surface area contributed by atoms with Crippen LogP contribution in [0.15, 0.2) is 36.8 Å². The Kier molecular flexibility index (Phi) is 4.08. The van der Waals surface area contributed by atoms with Crippen molar-refractivity contribution in [2.75, 3.05) is 11.9 Å². The van der Waals surface area contributed by atoms with Crippen LogP contribution in [0.2, 0.25) is 0 Å². The maximum Gasteiger partial charge on any atom is 0.185 e. The van der Waals surface area contributed by atoms with Crippen molar-refractivity contribution in [3.63, 3.8) is 0 Å². The number of aromatic hydroxyl groups is 1. The summed E-state index contributed by atoms with van der Waals surface area (Å²) in [6, 6.07) is 5.38. The molecule has 0 aliphatic carbocycles. The number of aromatic nitrogens is 4. The van der Waals surface area contributed by atoms with Crippen molar-refractivity contribution >= 4 is 16.6 Å². The van der Waals surface area contributed by atoms with Crippen molar-refractivity contribution in [3.8, 4) is 17.1 Å².